The molecular weight excluding hydrogens is 631 g/mol. The number of rotatable bonds is 11. The number of hydrogen-bond donors (Lipinski definition) is 0. The van der Waals surface area contributed by atoms with Gasteiger partial charge in [-0.3, -0.25) is 0 Å². The molecule has 1 aliphatic rings. The molecule has 1 aromatic heterocycles. The number of hydrogen-bond acceptors (Lipinski definition) is 7. The zero-order valence-electron chi connectivity index (χ0n) is 24.7. The summed E-state index contributed by atoms with van der Waals surface area (Å²) in [4.78, 5) is 5.14. The molecule has 0 aliphatic carbocycles. The number of pyridine rings is 1. The van der Waals surface area contributed by atoms with E-state index in [2.05, 4.69) is 4.98 Å². The average molecular weight is 663 g/mol. The molecule has 3 aromatic rings. The summed E-state index contributed by atoms with van der Waals surface area (Å²) in [5.74, 6) is -7.22. The fraction of sp³-hybridized carbons (Fsp3) is 0.414. The lowest BCUT2D eigenvalue weighted by molar-refractivity contribution is -0.105. The first-order chi connectivity index (χ1) is 20.5. The van der Waals surface area contributed by atoms with Crippen molar-refractivity contribution >= 4 is 33.1 Å². The van der Waals surface area contributed by atoms with Crippen molar-refractivity contribution in [2.75, 3.05) is 57.2 Å². The zero-order valence-corrected chi connectivity index (χ0v) is 26.2. The van der Waals surface area contributed by atoms with Gasteiger partial charge in [0.05, 0.1) is 31.9 Å². The normalized spacial score (nSPS) is 17.3. The number of alkyl halides is 2. The molecule has 8 nitrogen and oxygen atoms in total. The average Bonchev–Trinajstić information content (AvgIpc) is 3.38. The van der Waals surface area contributed by atoms with Crippen molar-refractivity contribution in [3.05, 3.63) is 70.6 Å². The highest BCUT2D eigenvalue weighted by molar-refractivity contribution is 7.92. The Labute approximate surface area is 258 Å². The maximum atomic E-state index is 16.0. The molecule has 1 saturated heterocycles. The number of methoxy groups -OCH3 is 2. The molecular formula is C29H32ClF5N4O4S. The van der Waals surface area contributed by atoms with Gasteiger partial charge in [0.1, 0.15) is 28.2 Å². The molecule has 0 radical (unpaired) electrons. The molecule has 2 aromatic carbocycles. The quantitative estimate of drug-likeness (QED) is 0.142. The monoisotopic (exact) mass is 662 g/mol. The Bertz CT molecular complexity index is 1640. The minimum atomic E-state index is -5.16. The Morgan fingerprint density at radius 3 is 2.39 bits per heavy atom. The smallest absolute Gasteiger partial charge is 0.271 e. The van der Waals surface area contributed by atoms with Gasteiger partial charge >= 0.3 is 0 Å². The second-order valence-electron chi connectivity index (χ2n) is 10.9. The van der Waals surface area contributed by atoms with Crippen molar-refractivity contribution in [1.82, 2.24) is 9.88 Å². The van der Waals surface area contributed by atoms with Crippen molar-refractivity contribution < 1.29 is 39.8 Å². The van der Waals surface area contributed by atoms with Crippen molar-refractivity contribution in [2.45, 2.75) is 30.7 Å². The van der Waals surface area contributed by atoms with Crippen LogP contribution >= 0.6 is 11.6 Å². The van der Waals surface area contributed by atoms with Crippen LogP contribution in [0, 0.1) is 23.0 Å². The molecule has 0 spiro atoms. The van der Waals surface area contributed by atoms with E-state index in [0.29, 0.717) is 16.1 Å². The van der Waals surface area contributed by atoms with Crippen LogP contribution in [0.3, 0.4) is 0 Å². The lowest BCUT2D eigenvalue weighted by atomic mass is 9.80. The van der Waals surface area contributed by atoms with E-state index in [1.807, 2.05) is 0 Å². The second kappa shape index (κ2) is 12.6. The van der Waals surface area contributed by atoms with Gasteiger partial charge in [0.2, 0.25) is 5.95 Å². The Morgan fingerprint density at radius 2 is 1.80 bits per heavy atom. The second-order valence-corrected chi connectivity index (χ2v) is 13.1. The van der Waals surface area contributed by atoms with Crippen LogP contribution in [0.1, 0.15) is 18.9 Å². The fourth-order valence-corrected chi connectivity index (χ4v) is 7.25. The van der Waals surface area contributed by atoms with Gasteiger partial charge in [0.25, 0.3) is 15.9 Å². The molecule has 1 fully saturated rings. The molecule has 2 heterocycles. The van der Waals surface area contributed by atoms with Crippen molar-refractivity contribution in [3.63, 3.8) is 0 Å². The molecule has 0 bridgehead atoms. The minimum Gasteiger partial charge on any atom is -0.497 e. The zero-order chi connectivity index (χ0) is 32.6. The maximum Gasteiger partial charge on any atom is 0.271 e. The summed E-state index contributed by atoms with van der Waals surface area (Å²) in [7, 11) is 0.870. The predicted octanol–water partition coefficient (Wildman–Crippen LogP) is 5.98. The van der Waals surface area contributed by atoms with Crippen LogP contribution in [-0.2, 0) is 16.6 Å². The molecule has 240 valence electrons. The van der Waals surface area contributed by atoms with Gasteiger partial charge in [-0.1, -0.05) is 17.7 Å². The van der Waals surface area contributed by atoms with Crippen LogP contribution in [0.4, 0.5) is 33.5 Å². The first-order valence-corrected chi connectivity index (χ1v) is 15.2. The van der Waals surface area contributed by atoms with E-state index < -0.39 is 61.2 Å². The summed E-state index contributed by atoms with van der Waals surface area (Å²) in [5.41, 5.74) is -1.58. The SMILES string of the molecule is COc1ccc(CN(c2cccc(F)n2)S(=O)(=O)c2c(F)cc(N3CC[C@@](CN(C)C)(C(C)(F)F)C3)c(Cl)c2F)c(OC)c1. The number of halogens is 6. The van der Waals surface area contributed by atoms with Gasteiger partial charge in [-0.05, 0) is 44.8 Å². The Morgan fingerprint density at radius 1 is 1.09 bits per heavy atom. The third-order valence-corrected chi connectivity index (χ3v) is 9.80. The Hall–Kier alpha value is -3.36. The molecule has 44 heavy (non-hydrogen) atoms. The molecule has 4 rings (SSSR count). The third kappa shape index (κ3) is 6.38. The lowest BCUT2D eigenvalue weighted by Crippen LogP contribution is -2.48. The Kier molecular flexibility index (Phi) is 9.57. The predicted molar refractivity (Wildman–Crippen MR) is 157 cm³/mol. The number of ether oxygens (including phenoxy) is 2. The number of anilines is 2. The van der Waals surface area contributed by atoms with E-state index in [-0.39, 0.29) is 43.1 Å². The number of sulfonamides is 1. The van der Waals surface area contributed by atoms with Crippen LogP contribution in [0.5, 0.6) is 11.5 Å². The van der Waals surface area contributed by atoms with Crippen LogP contribution < -0.4 is 18.7 Å². The van der Waals surface area contributed by atoms with Crippen LogP contribution in [-0.4, -0.2) is 72.2 Å². The van der Waals surface area contributed by atoms with Crippen molar-refractivity contribution in [2.24, 2.45) is 5.41 Å². The molecule has 1 aliphatic heterocycles. The van der Waals surface area contributed by atoms with E-state index in [1.54, 1.807) is 19.0 Å². The third-order valence-electron chi connectivity index (χ3n) is 7.65. The van der Waals surface area contributed by atoms with Gasteiger partial charge < -0.3 is 19.3 Å². The molecule has 0 amide bonds. The van der Waals surface area contributed by atoms with E-state index in [1.165, 1.54) is 43.4 Å². The summed E-state index contributed by atoms with van der Waals surface area (Å²) in [5, 5.41) is -0.765. The maximum absolute atomic E-state index is 16.0. The van der Waals surface area contributed by atoms with Crippen molar-refractivity contribution in [3.8, 4) is 11.5 Å². The molecule has 15 heteroatoms. The van der Waals surface area contributed by atoms with Gasteiger partial charge in [0, 0.05) is 44.3 Å². The summed E-state index contributed by atoms with van der Waals surface area (Å²) in [6.45, 7) is -0.0682. The highest BCUT2D eigenvalue weighted by atomic mass is 35.5. The largest absolute Gasteiger partial charge is 0.497 e. The number of benzene rings is 2. The van der Waals surface area contributed by atoms with Crippen LogP contribution in [0.15, 0.2) is 47.4 Å². The highest BCUT2D eigenvalue weighted by Gasteiger charge is 2.54. The fourth-order valence-electron chi connectivity index (χ4n) is 5.41. The summed E-state index contributed by atoms with van der Waals surface area (Å²) in [6, 6.07) is 8.48. The van der Waals surface area contributed by atoms with E-state index in [4.69, 9.17) is 21.1 Å². The lowest BCUT2D eigenvalue weighted by Gasteiger charge is -2.37. The molecule has 1 atom stereocenters. The van der Waals surface area contributed by atoms with Gasteiger partial charge in [-0.2, -0.15) is 4.39 Å². The van der Waals surface area contributed by atoms with Crippen molar-refractivity contribution in [1.29, 1.82) is 0 Å². The van der Waals surface area contributed by atoms with E-state index in [9.17, 15) is 21.6 Å². The van der Waals surface area contributed by atoms with Gasteiger partial charge in [-0.25, -0.2) is 35.3 Å². The van der Waals surface area contributed by atoms with Gasteiger partial charge in [-0.15, -0.1) is 0 Å². The van der Waals surface area contributed by atoms with Crippen LogP contribution in [0.25, 0.3) is 0 Å². The highest BCUT2D eigenvalue weighted by Crippen LogP contribution is 2.48. The first kappa shape index (κ1) is 33.5. The van der Waals surface area contributed by atoms with E-state index >= 15 is 8.78 Å². The van der Waals surface area contributed by atoms with E-state index in [0.717, 1.165) is 19.1 Å². The molecule has 0 unspecified atom stereocenters. The van der Waals surface area contributed by atoms with Crippen LogP contribution in [0.2, 0.25) is 5.02 Å². The summed E-state index contributed by atoms with van der Waals surface area (Å²) in [6.07, 6.45) is -0.00297. The minimum absolute atomic E-state index is 0.00142. The molecule has 0 saturated carbocycles. The standard InChI is InChI=1S/C29H32ClF5N4O4S/c1-28(34,35)29(16-37(2)3)11-12-38(17-29)21-14-20(31)27(26(33)25(21)30)44(40,41)39(24-8-6-7-23(32)36-24)15-18-9-10-19(42-4)13-22(18)43-5/h6-10,13-14H,11-12,15-17H2,1-5H3/t29-/m0/s1. The topological polar surface area (TPSA) is 75.2 Å². The Balaban J connectivity index is 1.81. The molecule has 0 N–H and O–H groups in total. The van der Waals surface area contributed by atoms with Gasteiger partial charge in [0.15, 0.2) is 10.7 Å². The number of aromatic nitrogens is 1. The number of nitrogens with zero attached hydrogens (tertiary/aromatic N) is 4. The summed E-state index contributed by atoms with van der Waals surface area (Å²) >= 11 is 6.31. The summed E-state index contributed by atoms with van der Waals surface area (Å²) < 4.78 is 115. The first-order valence-electron chi connectivity index (χ1n) is 13.4.